The highest BCUT2D eigenvalue weighted by Gasteiger charge is 2.18. The van der Waals surface area contributed by atoms with E-state index in [0.717, 1.165) is 16.8 Å². The van der Waals surface area contributed by atoms with Crippen LogP contribution in [0.4, 0.5) is 17.1 Å². The monoisotopic (exact) mass is 547 g/mol. The molecule has 14 heteroatoms. The summed E-state index contributed by atoms with van der Waals surface area (Å²) in [4.78, 5) is 12.5. The summed E-state index contributed by atoms with van der Waals surface area (Å²) in [5.41, 5.74) is 0.252. The molecule has 3 N–H and O–H groups in total. The highest BCUT2D eigenvalue weighted by atomic mass is 35.5. The van der Waals surface area contributed by atoms with Crippen LogP contribution in [0.2, 0.25) is 5.02 Å². The first kappa shape index (κ1) is 25.3. The van der Waals surface area contributed by atoms with Crippen LogP contribution < -0.4 is 10.3 Å². The number of anilines is 1. The lowest BCUT2D eigenvalue weighted by Gasteiger charge is -2.07. The van der Waals surface area contributed by atoms with E-state index in [-0.39, 0.29) is 27.0 Å². The number of sulfonamides is 1. The molecule has 0 bridgehead atoms. The Kier molecular flexibility index (Phi) is 6.82. The fraction of sp³-hybridized carbons (Fsp3) is 0.0455. The van der Waals surface area contributed by atoms with Crippen LogP contribution in [0.1, 0.15) is 5.69 Å². The molecule has 0 saturated heterocycles. The summed E-state index contributed by atoms with van der Waals surface area (Å²) < 4.78 is 60.8. The Morgan fingerprint density at radius 1 is 0.917 bits per heavy atom. The van der Waals surface area contributed by atoms with Gasteiger partial charge in [-0.25, -0.2) is 13.1 Å². The second-order valence-corrected chi connectivity index (χ2v) is 11.0. The highest BCUT2D eigenvalue weighted by molar-refractivity contribution is 7.92. The molecule has 36 heavy (non-hydrogen) atoms. The first-order valence-corrected chi connectivity index (χ1v) is 13.4. The van der Waals surface area contributed by atoms with Gasteiger partial charge < -0.3 is 0 Å². The molecule has 11 nitrogen and oxygen atoms in total. The van der Waals surface area contributed by atoms with Crippen molar-refractivity contribution in [2.45, 2.75) is 16.7 Å². The Labute approximate surface area is 210 Å². The minimum atomic E-state index is -4.52. The minimum absolute atomic E-state index is 0.0122. The van der Waals surface area contributed by atoms with Crippen molar-refractivity contribution in [3.05, 3.63) is 93.9 Å². The summed E-state index contributed by atoms with van der Waals surface area (Å²) in [6.07, 6.45) is 0. The van der Waals surface area contributed by atoms with E-state index in [4.69, 9.17) is 11.6 Å². The third-order valence-electron chi connectivity index (χ3n) is 4.94. The third kappa shape index (κ3) is 5.39. The molecule has 4 rings (SSSR count). The van der Waals surface area contributed by atoms with Gasteiger partial charge in [0.15, 0.2) is 5.69 Å². The number of aryl methyl sites for hydroxylation is 1. The molecule has 3 aromatic carbocycles. The number of aromatic amines is 1. The van der Waals surface area contributed by atoms with E-state index in [9.17, 15) is 26.2 Å². The zero-order valence-corrected chi connectivity index (χ0v) is 20.8. The van der Waals surface area contributed by atoms with Crippen molar-refractivity contribution in [2.24, 2.45) is 10.2 Å². The summed E-state index contributed by atoms with van der Waals surface area (Å²) in [5.74, 6) is 0. The number of rotatable bonds is 7. The van der Waals surface area contributed by atoms with Crippen LogP contribution in [0, 0.1) is 6.92 Å². The molecular weight excluding hydrogens is 530 g/mol. The van der Waals surface area contributed by atoms with Gasteiger partial charge in [-0.05, 0) is 61.5 Å². The van der Waals surface area contributed by atoms with Crippen molar-refractivity contribution in [3.8, 4) is 5.69 Å². The van der Waals surface area contributed by atoms with Crippen molar-refractivity contribution >= 4 is 48.8 Å². The maximum Gasteiger partial charge on any atom is 0.299 e. The summed E-state index contributed by atoms with van der Waals surface area (Å²) in [5, 5.41) is 10.8. The van der Waals surface area contributed by atoms with Gasteiger partial charge in [0.2, 0.25) is 0 Å². The summed E-state index contributed by atoms with van der Waals surface area (Å²) >= 11 is 6.13. The number of para-hydroxylation sites is 1. The van der Waals surface area contributed by atoms with Crippen LogP contribution in [-0.4, -0.2) is 31.2 Å². The number of benzene rings is 3. The van der Waals surface area contributed by atoms with Gasteiger partial charge in [-0.15, -0.1) is 5.11 Å². The SMILES string of the molecule is Cc1[nH]n(-c2cc(S(=O)(=O)O)ccc2Cl)c(=O)c1N=Nc1ccc(S(=O)(=O)Nc2ccccc2)cc1. The van der Waals surface area contributed by atoms with Gasteiger partial charge in [0, 0.05) is 5.69 Å². The van der Waals surface area contributed by atoms with Crippen molar-refractivity contribution in [1.82, 2.24) is 9.78 Å². The van der Waals surface area contributed by atoms with Crippen LogP contribution >= 0.6 is 11.6 Å². The Morgan fingerprint density at radius 3 is 2.19 bits per heavy atom. The van der Waals surface area contributed by atoms with E-state index >= 15 is 0 Å². The molecule has 0 spiro atoms. The number of halogens is 1. The summed E-state index contributed by atoms with van der Waals surface area (Å²) in [6, 6.07) is 17.3. The topological polar surface area (TPSA) is 163 Å². The lowest BCUT2D eigenvalue weighted by molar-refractivity contribution is 0.483. The smallest absolute Gasteiger partial charge is 0.293 e. The van der Waals surface area contributed by atoms with Crippen molar-refractivity contribution < 1.29 is 21.4 Å². The van der Waals surface area contributed by atoms with Crippen molar-refractivity contribution in [3.63, 3.8) is 0 Å². The van der Waals surface area contributed by atoms with E-state index in [0.29, 0.717) is 11.4 Å². The van der Waals surface area contributed by atoms with Gasteiger partial charge in [0.25, 0.3) is 25.7 Å². The summed E-state index contributed by atoms with van der Waals surface area (Å²) in [6.45, 7) is 1.55. The molecule has 0 saturated carbocycles. The van der Waals surface area contributed by atoms with Crippen LogP contribution in [0.3, 0.4) is 0 Å². The van der Waals surface area contributed by atoms with Crippen molar-refractivity contribution in [2.75, 3.05) is 4.72 Å². The van der Waals surface area contributed by atoms with E-state index in [2.05, 4.69) is 20.0 Å². The van der Waals surface area contributed by atoms with Crippen LogP contribution in [-0.2, 0) is 20.1 Å². The van der Waals surface area contributed by atoms with Gasteiger partial charge in [-0.1, -0.05) is 29.8 Å². The molecule has 0 atom stereocenters. The first-order chi connectivity index (χ1) is 17.0. The van der Waals surface area contributed by atoms with Gasteiger partial charge >= 0.3 is 0 Å². The second kappa shape index (κ2) is 9.70. The molecule has 0 amide bonds. The van der Waals surface area contributed by atoms with Gasteiger partial charge in [0.1, 0.15) is 0 Å². The number of nitrogens with zero attached hydrogens (tertiary/aromatic N) is 3. The van der Waals surface area contributed by atoms with E-state index in [1.54, 1.807) is 37.3 Å². The van der Waals surface area contributed by atoms with Crippen LogP contribution in [0.25, 0.3) is 5.69 Å². The van der Waals surface area contributed by atoms with E-state index < -0.39 is 30.6 Å². The highest BCUT2D eigenvalue weighted by Crippen LogP contribution is 2.26. The number of H-pyrrole nitrogens is 1. The first-order valence-electron chi connectivity index (χ1n) is 10.1. The van der Waals surface area contributed by atoms with Gasteiger partial charge in [-0.2, -0.15) is 13.5 Å². The number of nitrogens with one attached hydrogen (secondary N) is 2. The Bertz CT molecular complexity index is 1730. The quantitative estimate of drug-likeness (QED) is 0.226. The zero-order chi connectivity index (χ0) is 26.1. The van der Waals surface area contributed by atoms with E-state index in [1.165, 1.54) is 30.3 Å². The molecule has 0 radical (unpaired) electrons. The molecule has 0 unspecified atom stereocenters. The average Bonchev–Trinajstić information content (AvgIpc) is 3.11. The number of hydrogen-bond donors (Lipinski definition) is 3. The predicted octanol–water partition coefficient (Wildman–Crippen LogP) is 4.59. The molecule has 0 aliphatic rings. The Morgan fingerprint density at radius 2 is 1.56 bits per heavy atom. The van der Waals surface area contributed by atoms with E-state index in [1.807, 2.05) is 0 Å². The van der Waals surface area contributed by atoms with Gasteiger partial charge in [0.05, 0.1) is 31.9 Å². The lowest BCUT2D eigenvalue weighted by Crippen LogP contribution is -2.15. The molecular formula is C22H18ClN5O6S2. The average molecular weight is 548 g/mol. The zero-order valence-electron chi connectivity index (χ0n) is 18.5. The van der Waals surface area contributed by atoms with Gasteiger partial charge in [-0.3, -0.25) is 19.2 Å². The molecule has 1 aromatic heterocycles. The largest absolute Gasteiger partial charge is 0.299 e. The molecule has 186 valence electrons. The van der Waals surface area contributed by atoms with Crippen molar-refractivity contribution in [1.29, 1.82) is 0 Å². The lowest BCUT2D eigenvalue weighted by atomic mass is 10.3. The summed E-state index contributed by atoms with van der Waals surface area (Å²) in [7, 11) is -8.33. The Hall–Kier alpha value is -3.78. The third-order valence-corrected chi connectivity index (χ3v) is 7.50. The van der Waals surface area contributed by atoms with Crippen LogP contribution in [0.15, 0.2) is 97.6 Å². The molecule has 0 aliphatic carbocycles. The molecule has 1 heterocycles. The normalized spacial score (nSPS) is 12.2. The second-order valence-electron chi connectivity index (χ2n) is 7.48. The fourth-order valence-electron chi connectivity index (χ4n) is 3.17. The maximum absolute atomic E-state index is 12.9. The maximum atomic E-state index is 12.9. The Balaban J connectivity index is 1.60. The standard InChI is InChI=1S/C22H18ClN5O6S2/c1-14-21(22(29)28(26-14)20-13-18(36(32,33)34)11-12-19(20)23)25-24-15-7-9-17(10-8-15)35(30,31)27-16-5-3-2-4-6-16/h2-13,26-27H,1H3,(H,32,33,34). The molecule has 0 fully saturated rings. The fourth-order valence-corrected chi connectivity index (χ4v) is 4.93. The molecule has 0 aliphatic heterocycles. The number of azo groups is 1. The number of aromatic nitrogens is 2. The van der Waals surface area contributed by atoms with Crippen LogP contribution in [0.5, 0.6) is 0 Å². The predicted molar refractivity (Wildman–Crippen MR) is 134 cm³/mol. The minimum Gasteiger partial charge on any atom is -0.293 e. The molecule has 4 aromatic rings. The number of hydrogen-bond acceptors (Lipinski definition) is 7.